The van der Waals surface area contributed by atoms with Crippen molar-refractivity contribution in [2.24, 2.45) is 35.5 Å². The van der Waals surface area contributed by atoms with Gasteiger partial charge in [-0.2, -0.15) is 0 Å². The lowest BCUT2D eigenvalue weighted by atomic mass is 9.64. The first-order valence-corrected chi connectivity index (χ1v) is 7.09. The van der Waals surface area contributed by atoms with E-state index in [1.807, 2.05) is 0 Å². The lowest BCUT2D eigenvalue weighted by Crippen LogP contribution is -2.34. The molecule has 0 heteroatoms. The van der Waals surface area contributed by atoms with Crippen molar-refractivity contribution in [1.82, 2.24) is 0 Å². The van der Waals surface area contributed by atoms with E-state index in [-0.39, 0.29) is 0 Å². The first-order valence-electron chi connectivity index (χ1n) is 7.09. The molecule has 3 aliphatic carbocycles. The summed E-state index contributed by atoms with van der Waals surface area (Å²) < 4.78 is 0. The van der Waals surface area contributed by atoms with Gasteiger partial charge in [0.25, 0.3) is 0 Å². The molecule has 0 radical (unpaired) electrons. The Kier molecular flexibility index (Phi) is 2.57. The molecule has 1 fully saturated rings. The maximum atomic E-state index is 2.55. The van der Waals surface area contributed by atoms with E-state index in [0.717, 1.165) is 29.6 Å². The van der Waals surface area contributed by atoms with Crippen LogP contribution in [0.5, 0.6) is 0 Å². The Morgan fingerprint density at radius 1 is 1.18 bits per heavy atom. The van der Waals surface area contributed by atoms with E-state index in [4.69, 9.17) is 0 Å². The maximum absolute atomic E-state index is 2.55. The van der Waals surface area contributed by atoms with Crippen molar-refractivity contribution in [3.63, 3.8) is 0 Å². The summed E-state index contributed by atoms with van der Waals surface area (Å²) in [5, 5.41) is 0. The first-order chi connectivity index (χ1) is 8.08. The van der Waals surface area contributed by atoms with Gasteiger partial charge in [0.1, 0.15) is 0 Å². The molecule has 0 N–H and O–H groups in total. The van der Waals surface area contributed by atoms with Crippen LogP contribution in [0.15, 0.2) is 35.5 Å². The van der Waals surface area contributed by atoms with Crippen molar-refractivity contribution in [3.05, 3.63) is 35.5 Å². The molecule has 0 heterocycles. The van der Waals surface area contributed by atoms with Gasteiger partial charge in [-0.15, -0.1) is 0 Å². The second-order valence-electron chi connectivity index (χ2n) is 6.62. The monoisotopic (exact) mass is 228 g/mol. The topological polar surface area (TPSA) is 0 Å². The van der Waals surface area contributed by atoms with Crippen LogP contribution >= 0.6 is 0 Å². The third-order valence-electron chi connectivity index (χ3n) is 5.30. The van der Waals surface area contributed by atoms with Crippen molar-refractivity contribution < 1.29 is 0 Å². The predicted molar refractivity (Wildman–Crippen MR) is 73.6 cm³/mol. The molecule has 0 spiro atoms. The summed E-state index contributed by atoms with van der Waals surface area (Å²) in [4.78, 5) is 0. The van der Waals surface area contributed by atoms with Gasteiger partial charge in [0, 0.05) is 0 Å². The van der Waals surface area contributed by atoms with Gasteiger partial charge in [0.15, 0.2) is 0 Å². The summed E-state index contributed by atoms with van der Waals surface area (Å²) in [7, 11) is 0. The minimum Gasteiger partial charge on any atom is -0.0848 e. The molecule has 0 aromatic rings. The van der Waals surface area contributed by atoms with Crippen LogP contribution in [-0.4, -0.2) is 0 Å². The Morgan fingerprint density at radius 2 is 1.82 bits per heavy atom. The zero-order valence-corrected chi connectivity index (χ0v) is 11.5. The first kappa shape index (κ1) is 11.3. The van der Waals surface area contributed by atoms with E-state index in [1.165, 1.54) is 12.0 Å². The van der Waals surface area contributed by atoms with E-state index < -0.39 is 0 Å². The quantitative estimate of drug-likeness (QED) is 0.575. The van der Waals surface area contributed by atoms with Crippen molar-refractivity contribution in [1.29, 1.82) is 0 Å². The standard InChI is InChI=1S/C17H24/c1-10(2)7-15-8-11(3)12(4)16-13-5-6-14(9-13)17(15)16/h5-8,12-17H,9H2,1-4H3/t12?,13-,14+,15?,16?,17?/m0/s1. The normalized spacial score (nSPS) is 46.7. The molecule has 92 valence electrons. The third-order valence-corrected chi connectivity index (χ3v) is 5.30. The highest BCUT2D eigenvalue weighted by Crippen LogP contribution is 2.57. The van der Waals surface area contributed by atoms with Gasteiger partial charge in [-0.25, -0.2) is 0 Å². The summed E-state index contributed by atoms with van der Waals surface area (Å²) >= 11 is 0. The molecule has 0 aromatic carbocycles. The van der Waals surface area contributed by atoms with Crippen LogP contribution in [0.3, 0.4) is 0 Å². The largest absolute Gasteiger partial charge is 0.0848 e. The number of hydrogen-bond donors (Lipinski definition) is 0. The lowest BCUT2D eigenvalue weighted by molar-refractivity contribution is 0.197. The van der Waals surface area contributed by atoms with Gasteiger partial charge in [-0.05, 0) is 62.7 Å². The van der Waals surface area contributed by atoms with Crippen molar-refractivity contribution in [2.75, 3.05) is 0 Å². The Balaban J connectivity index is 2.00. The van der Waals surface area contributed by atoms with Gasteiger partial charge < -0.3 is 0 Å². The molecular formula is C17H24. The van der Waals surface area contributed by atoms with Gasteiger partial charge in [0.2, 0.25) is 0 Å². The SMILES string of the molecule is CC(C)=CC1C=C(C)C(C)C2C1[C@@H]1C=C[C@H]2C1. The molecular weight excluding hydrogens is 204 g/mol. The molecule has 0 aromatic heterocycles. The fourth-order valence-corrected chi connectivity index (χ4v) is 4.56. The van der Waals surface area contributed by atoms with Crippen LogP contribution in [0.2, 0.25) is 0 Å². The highest BCUT2D eigenvalue weighted by molar-refractivity contribution is 5.27. The smallest absolute Gasteiger partial charge is 0.00113 e. The molecule has 0 amide bonds. The summed E-state index contributed by atoms with van der Waals surface area (Å²) in [6.07, 6.45) is 11.5. The third kappa shape index (κ3) is 1.64. The average Bonchev–Trinajstić information content (AvgIpc) is 2.84. The molecule has 1 saturated carbocycles. The molecule has 3 rings (SSSR count). The number of rotatable bonds is 1. The second-order valence-corrected chi connectivity index (χ2v) is 6.62. The molecule has 4 unspecified atom stereocenters. The van der Waals surface area contributed by atoms with Crippen LogP contribution < -0.4 is 0 Å². The molecule has 0 saturated heterocycles. The number of allylic oxidation sites excluding steroid dienone is 6. The minimum absolute atomic E-state index is 0.696. The predicted octanol–water partition coefficient (Wildman–Crippen LogP) is 4.60. The highest BCUT2D eigenvalue weighted by atomic mass is 14.5. The lowest BCUT2D eigenvalue weighted by Gasteiger charge is -2.41. The van der Waals surface area contributed by atoms with Crippen molar-refractivity contribution in [3.8, 4) is 0 Å². The zero-order valence-electron chi connectivity index (χ0n) is 11.5. The average molecular weight is 228 g/mol. The maximum Gasteiger partial charge on any atom is -0.00113 e. The van der Waals surface area contributed by atoms with Gasteiger partial charge in [0.05, 0.1) is 0 Å². The van der Waals surface area contributed by atoms with Gasteiger partial charge >= 0.3 is 0 Å². The molecule has 17 heavy (non-hydrogen) atoms. The van der Waals surface area contributed by atoms with Crippen LogP contribution in [0, 0.1) is 35.5 Å². The molecule has 0 nitrogen and oxygen atoms in total. The molecule has 2 bridgehead atoms. The van der Waals surface area contributed by atoms with E-state index in [0.29, 0.717) is 5.92 Å². The zero-order chi connectivity index (χ0) is 12.2. The van der Waals surface area contributed by atoms with E-state index in [2.05, 4.69) is 52.0 Å². The van der Waals surface area contributed by atoms with Crippen LogP contribution in [0.1, 0.15) is 34.1 Å². The van der Waals surface area contributed by atoms with Crippen molar-refractivity contribution in [2.45, 2.75) is 34.1 Å². The molecule has 6 atom stereocenters. The summed E-state index contributed by atoms with van der Waals surface area (Å²) in [6, 6.07) is 0. The van der Waals surface area contributed by atoms with Crippen LogP contribution in [-0.2, 0) is 0 Å². The van der Waals surface area contributed by atoms with Gasteiger partial charge in [-0.3, -0.25) is 0 Å². The van der Waals surface area contributed by atoms with E-state index >= 15 is 0 Å². The Hall–Kier alpha value is -0.780. The Labute approximate surface area is 105 Å². The van der Waals surface area contributed by atoms with Gasteiger partial charge in [-0.1, -0.05) is 42.4 Å². The fourth-order valence-electron chi connectivity index (χ4n) is 4.56. The molecule has 0 aliphatic heterocycles. The summed E-state index contributed by atoms with van der Waals surface area (Å²) in [6.45, 7) is 9.25. The second kappa shape index (κ2) is 3.86. The van der Waals surface area contributed by atoms with Crippen LogP contribution in [0.25, 0.3) is 0 Å². The highest BCUT2D eigenvalue weighted by Gasteiger charge is 2.50. The fraction of sp³-hybridized carbons (Fsp3) is 0.647. The Morgan fingerprint density at radius 3 is 2.47 bits per heavy atom. The summed E-state index contributed by atoms with van der Waals surface area (Å²) in [5.74, 6) is 5.02. The number of fused-ring (bicyclic) bond motifs is 5. The Bertz CT molecular complexity index is 406. The van der Waals surface area contributed by atoms with E-state index in [9.17, 15) is 0 Å². The molecule has 3 aliphatic rings. The minimum atomic E-state index is 0.696. The number of hydrogen-bond acceptors (Lipinski definition) is 0. The van der Waals surface area contributed by atoms with Crippen molar-refractivity contribution >= 4 is 0 Å². The summed E-state index contributed by atoms with van der Waals surface area (Å²) in [5.41, 5.74) is 3.09. The van der Waals surface area contributed by atoms with E-state index in [1.54, 1.807) is 5.57 Å². The van der Waals surface area contributed by atoms with Crippen LogP contribution in [0.4, 0.5) is 0 Å².